The Hall–Kier alpha value is -2.56. The van der Waals surface area contributed by atoms with Crippen molar-refractivity contribution in [2.75, 3.05) is 6.54 Å². The van der Waals surface area contributed by atoms with Crippen molar-refractivity contribution in [2.24, 2.45) is 0 Å². The molecule has 1 saturated carbocycles. The summed E-state index contributed by atoms with van der Waals surface area (Å²) in [6.45, 7) is 0.693. The van der Waals surface area contributed by atoms with Gasteiger partial charge in [-0.1, -0.05) is 36.4 Å². The molecule has 1 heterocycles. The van der Waals surface area contributed by atoms with Gasteiger partial charge in [-0.3, -0.25) is 0 Å². The number of aromatic nitrogens is 1. The number of benzene rings is 1. The maximum Gasteiger partial charge on any atom is 0.315 e. The van der Waals surface area contributed by atoms with Gasteiger partial charge in [-0.2, -0.15) is 0 Å². The summed E-state index contributed by atoms with van der Waals surface area (Å²) in [5, 5.41) is 6.04. The summed E-state index contributed by atoms with van der Waals surface area (Å²) in [5.41, 5.74) is 1.31. The second-order valence-electron chi connectivity index (χ2n) is 6.75. The SMILES string of the molecule is O=C(NCCCc1ccccc1)NC1CCC(Oc2ccccn2)CC1. The van der Waals surface area contributed by atoms with Crippen molar-refractivity contribution in [1.29, 1.82) is 0 Å². The highest BCUT2D eigenvalue weighted by Gasteiger charge is 2.23. The van der Waals surface area contributed by atoms with Gasteiger partial charge >= 0.3 is 6.03 Å². The maximum absolute atomic E-state index is 12.0. The quantitative estimate of drug-likeness (QED) is 0.746. The van der Waals surface area contributed by atoms with Crippen LogP contribution in [0.15, 0.2) is 54.7 Å². The predicted octanol–water partition coefficient (Wildman–Crippen LogP) is 3.70. The fourth-order valence-corrected chi connectivity index (χ4v) is 3.29. The molecule has 0 saturated heterocycles. The van der Waals surface area contributed by atoms with E-state index in [2.05, 4.69) is 27.8 Å². The van der Waals surface area contributed by atoms with Crippen molar-refractivity contribution in [3.05, 3.63) is 60.3 Å². The van der Waals surface area contributed by atoms with Crippen LogP contribution in [-0.2, 0) is 6.42 Å². The molecule has 5 heteroatoms. The number of amides is 2. The fraction of sp³-hybridized carbons (Fsp3) is 0.429. The van der Waals surface area contributed by atoms with Gasteiger partial charge in [0.2, 0.25) is 5.88 Å². The molecule has 0 atom stereocenters. The van der Waals surface area contributed by atoms with Crippen LogP contribution in [-0.4, -0.2) is 29.7 Å². The number of rotatable bonds is 7. The first-order valence-corrected chi connectivity index (χ1v) is 9.45. The smallest absolute Gasteiger partial charge is 0.315 e. The number of pyridine rings is 1. The highest BCUT2D eigenvalue weighted by molar-refractivity contribution is 5.74. The molecule has 0 bridgehead atoms. The number of hydrogen-bond donors (Lipinski definition) is 2. The summed E-state index contributed by atoms with van der Waals surface area (Å²) in [7, 11) is 0. The molecule has 1 aromatic carbocycles. The zero-order chi connectivity index (χ0) is 18.0. The molecule has 26 heavy (non-hydrogen) atoms. The first kappa shape index (κ1) is 18.2. The monoisotopic (exact) mass is 353 g/mol. The Kier molecular flexibility index (Phi) is 6.88. The Bertz CT molecular complexity index is 655. The lowest BCUT2D eigenvalue weighted by Crippen LogP contribution is -2.45. The lowest BCUT2D eigenvalue weighted by atomic mass is 9.93. The lowest BCUT2D eigenvalue weighted by molar-refractivity contribution is 0.135. The van der Waals surface area contributed by atoms with Gasteiger partial charge in [-0.15, -0.1) is 0 Å². The lowest BCUT2D eigenvalue weighted by Gasteiger charge is -2.29. The van der Waals surface area contributed by atoms with Gasteiger partial charge in [0.15, 0.2) is 0 Å². The van der Waals surface area contributed by atoms with Crippen molar-refractivity contribution in [3.8, 4) is 5.88 Å². The Morgan fingerprint density at radius 3 is 2.54 bits per heavy atom. The van der Waals surface area contributed by atoms with Crippen LogP contribution in [0.1, 0.15) is 37.7 Å². The van der Waals surface area contributed by atoms with Crippen molar-refractivity contribution in [2.45, 2.75) is 50.7 Å². The van der Waals surface area contributed by atoms with Crippen molar-refractivity contribution < 1.29 is 9.53 Å². The number of hydrogen-bond acceptors (Lipinski definition) is 3. The van der Waals surface area contributed by atoms with Crippen LogP contribution in [0.4, 0.5) is 4.79 Å². The van der Waals surface area contributed by atoms with E-state index in [0.29, 0.717) is 12.4 Å². The molecule has 2 amide bonds. The Morgan fingerprint density at radius 1 is 1.04 bits per heavy atom. The Labute approximate surface area is 155 Å². The van der Waals surface area contributed by atoms with E-state index in [-0.39, 0.29) is 18.2 Å². The normalized spacial score (nSPS) is 19.5. The molecule has 138 valence electrons. The number of carbonyl (C=O) groups excluding carboxylic acids is 1. The summed E-state index contributed by atoms with van der Waals surface area (Å²) in [5.74, 6) is 0.681. The Morgan fingerprint density at radius 2 is 1.81 bits per heavy atom. The molecular formula is C21H27N3O2. The minimum absolute atomic E-state index is 0.0628. The topological polar surface area (TPSA) is 63.2 Å². The first-order valence-electron chi connectivity index (χ1n) is 9.45. The zero-order valence-corrected chi connectivity index (χ0v) is 15.1. The molecule has 0 spiro atoms. The number of urea groups is 1. The third-order valence-electron chi connectivity index (χ3n) is 4.71. The molecule has 0 radical (unpaired) electrons. The van der Waals surface area contributed by atoms with E-state index in [0.717, 1.165) is 38.5 Å². The van der Waals surface area contributed by atoms with E-state index in [1.165, 1.54) is 5.56 Å². The second kappa shape index (κ2) is 9.80. The standard InChI is InChI=1S/C21H27N3O2/c25-21(23-16-6-9-17-7-2-1-3-8-17)24-18-11-13-19(14-12-18)26-20-10-4-5-15-22-20/h1-5,7-8,10,15,18-19H,6,9,11-14,16H2,(H2,23,24,25). The zero-order valence-electron chi connectivity index (χ0n) is 15.1. The van der Waals surface area contributed by atoms with E-state index in [4.69, 9.17) is 4.74 Å². The van der Waals surface area contributed by atoms with Crippen molar-refractivity contribution in [3.63, 3.8) is 0 Å². The molecule has 1 aliphatic rings. The first-order chi connectivity index (χ1) is 12.8. The number of ether oxygens (including phenoxy) is 1. The van der Waals surface area contributed by atoms with Crippen LogP contribution in [0, 0.1) is 0 Å². The molecule has 1 aliphatic carbocycles. The van der Waals surface area contributed by atoms with E-state index < -0.39 is 0 Å². The average molecular weight is 353 g/mol. The third-order valence-corrected chi connectivity index (χ3v) is 4.71. The largest absolute Gasteiger partial charge is 0.474 e. The predicted molar refractivity (Wildman–Crippen MR) is 102 cm³/mol. The van der Waals surface area contributed by atoms with Gasteiger partial charge in [-0.05, 0) is 50.2 Å². The van der Waals surface area contributed by atoms with Gasteiger partial charge in [0, 0.05) is 24.8 Å². The molecule has 0 unspecified atom stereocenters. The van der Waals surface area contributed by atoms with Crippen LogP contribution < -0.4 is 15.4 Å². The average Bonchev–Trinajstić information content (AvgIpc) is 2.68. The van der Waals surface area contributed by atoms with Crippen molar-refractivity contribution in [1.82, 2.24) is 15.6 Å². The molecule has 2 aromatic rings. The minimum atomic E-state index is -0.0628. The van der Waals surface area contributed by atoms with Crippen molar-refractivity contribution >= 4 is 6.03 Å². The van der Waals surface area contributed by atoms with Crippen LogP contribution in [0.3, 0.4) is 0 Å². The maximum atomic E-state index is 12.0. The van der Waals surface area contributed by atoms with E-state index in [1.807, 2.05) is 36.4 Å². The summed E-state index contributed by atoms with van der Waals surface area (Å²) < 4.78 is 5.89. The molecule has 0 aliphatic heterocycles. The summed E-state index contributed by atoms with van der Waals surface area (Å²) >= 11 is 0. The van der Waals surface area contributed by atoms with Crippen LogP contribution >= 0.6 is 0 Å². The molecule has 3 rings (SSSR count). The molecule has 5 nitrogen and oxygen atoms in total. The van der Waals surface area contributed by atoms with Crippen LogP contribution in [0.2, 0.25) is 0 Å². The Balaban J connectivity index is 1.28. The van der Waals surface area contributed by atoms with Gasteiger partial charge < -0.3 is 15.4 Å². The van der Waals surface area contributed by atoms with E-state index >= 15 is 0 Å². The third kappa shape index (κ3) is 6.06. The highest BCUT2D eigenvalue weighted by atomic mass is 16.5. The van der Waals surface area contributed by atoms with Gasteiger partial charge in [0.25, 0.3) is 0 Å². The number of nitrogens with one attached hydrogen (secondary N) is 2. The molecule has 1 aromatic heterocycles. The van der Waals surface area contributed by atoms with Crippen LogP contribution in [0.5, 0.6) is 5.88 Å². The second-order valence-corrected chi connectivity index (χ2v) is 6.75. The van der Waals surface area contributed by atoms with Crippen LogP contribution in [0.25, 0.3) is 0 Å². The molecule has 1 fully saturated rings. The van der Waals surface area contributed by atoms with Gasteiger partial charge in [-0.25, -0.2) is 9.78 Å². The molecule has 2 N–H and O–H groups in total. The van der Waals surface area contributed by atoms with Gasteiger partial charge in [0.1, 0.15) is 6.10 Å². The summed E-state index contributed by atoms with van der Waals surface area (Å²) in [6, 6.07) is 16.2. The number of nitrogens with zero attached hydrogens (tertiary/aromatic N) is 1. The fourth-order valence-electron chi connectivity index (χ4n) is 3.29. The number of aryl methyl sites for hydroxylation is 1. The summed E-state index contributed by atoms with van der Waals surface area (Å²) in [4.78, 5) is 16.2. The minimum Gasteiger partial charge on any atom is -0.474 e. The van der Waals surface area contributed by atoms with Gasteiger partial charge in [0.05, 0.1) is 0 Å². The molecular weight excluding hydrogens is 326 g/mol. The summed E-state index contributed by atoms with van der Waals surface area (Å²) in [6.07, 6.45) is 7.62. The van der Waals surface area contributed by atoms with E-state index in [9.17, 15) is 4.79 Å². The number of carbonyl (C=O) groups is 1. The highest BCUT2D eigenvalue weighted by Crippen LogP contribution is 2.22. The van der Waals surface area contributed by atoms with E-state index in [1.54, 1.807) is 6.20 Å².